The van der Waals surface area contributed by atoms with Gasteiger partial charge in [0.15, 0.2) is 0 Å². The molecule has 0 aliphatic rings. The topological polar surface area (TPSA) is 62.3 Å². The van der Waals surface area contributed by atoms with E-state index in [0.29, 0.717) is 5.75 Å². The Bertz CT molecular complexity index is 457. The largest absolute Gasteiger partial charge is 0.496 e. The molecule has 0 spiro atoms. The minimum absolute atomic E-state index is 0.204. The molecule has 0 aliphatic heterocycles. The van der Waals surface area contributed by atoms with Crippen molar-refractivity contribution in [1.82, 2.24) is 4.37 Å². The van der Waals surface area contributed by atoms with Crippen molar-refractivity contribution in [3.63, 3.8) is 0 Å². The van der Waals surface area contributed by atoms with Crippen molar-refractivity contribution < 1.29 is 14.6 Å². The van der Waals surface area contributed by atoms with E-state index < -0.39 is 5.97 Å². The highest BCUT2D eigenvalue weighted by Gasteiger charge is 2.13. The number of nitrogens with one attached hydrogen (secondary N) is 1. The first kappa shape index (κ1) is 8.12. The molecule has 0 amide bonds. The second-order valence-electron chi connectivity index (χ2n) is 2.56. The van der Waals surface area contributed by atoms with Gasteiger partial charge in [-0.05, 0) is 6.07 Å². The van der Waals surface area contributed by atoms with Crippen molar-refractivity contribution in [2.75, 3.05) is 7.11 Å². The Hall–Kier alpha value is -1.49. The van der Waals surface area contributed by atoms with Gasteiger partial charge in [-0.2, -0.15) is 0 Å². The van der Waals surface area contributed by atoms with Crippen LogP contribution in [0.5, 0.6) is 5.75 Å². The molecule has 0 aliphatic carbocycles. The molecule has 0 bridgehead atoms. The zero-order valence-corrected chi connectivity index (χ0v) is 7.64. The van der Waals surface area contributed by atoms with E-state index in [1.807, 2.05) is 0 Å². The average Bonchev–Trinajstić information content (AvgIpc) is 2.06. The highest BCUT2D eigenvalue weighted by atomic mass is 32.1. The first-order valence-electron chi connectivity index (χ1n) is 3.60. The van der Waals surface area contributed by atoms with Crippen molar-refractivity contribution in [2.45, 2.75) is 0 Å². The van der Waals surface area contributed by atoms with Crippen LogP contribution in [0.1, 0.15) is 10.4 Å². The molecule has 5 heteroatoms. The van der Waals surface area contributed by atoms with Crippen LogP contribution in [-0.4, -0.2) is 22.6 Å². The van der Waals surface area contributed by atoms with E-state index in [4.69, 9.17) is 9.84 Å². The fourth-order valence-corrected chi connectivity index (χ4v) is 1.76. The summed E-state index contributed by atoms with van der Waals surface area (Å²) in [6.45, 7) is 0. The van der Waals surface area contributed by atoms with Crippen molar-refractivity contribution in [3.8, 4) is 5.75 Å². The molecule has 13 heavy (non-hydrogen) atoms. The number of carboxylic acids is 1. The zero-order valence-electron chi connectivity index (χ0n) is 6.83. The number of carbonyl (C=O) groups is 1. The Morgan fingerprint density at radius 1 is 1.62 bits per heavy atom. The average molecular weight is 197 g/mol. The molecule has 0 atom stereocenters. The SMILES string of the molecule is COc1cc2[nH]sc2cc1C(=O)O. The van der Waals surface area contributed by atoms with Gasteiger partial charge in [0.1, 0.15) is 11.3 Å². The standard InChI is InChI=1S/C8H7NO3S/c1-12-6-3-5-7(13-9-5)2-4(6)8(10)11/h2-3,9H,1H3,(H,10,11). The van der Waals surface area contributed by atoms with E-state index in [1.54, 1.807) is 12.1 Å². The predicted octanol–water partition coefficient (Wildman–Crippen LogP) is 1.94. The molecule has 1 heterocycles. The summed E-state index contributed by atoms with van der Waals surface area (Å²) in [4.78, 5) is 10.8. The number of methoxy groups -OCH3 is 1. The van der Waals surface area contributed by atoms with Crippen molar-refractivity contribution in [2.24, 2.45) is 0 Å². The molecule has 2 rings (SSSR count). The van der Waals surface area contributed by atoms with Gasteiger partial charge < -0.3 is 14.2 Å². The molecule has 68 valence electrons. The number of rotatable bonds is 2. The van der Waals surface area contributed by atoms with Gasteiger partial charge in [-0.1, -0.05) is 11.5 Å². The first-order chi connectivity index (χ1) is 6.22. The summed E-state index contributed by atoms with van der Waals surface area (Å²) >= 11 is 1.41. The molecule has 0 fully saturated rings. The number of ether oxygens (including phenoxy) is 1. The monoisotopic (exact) mass is 197 g/mol. The minimum atomic E-state index is -0.966. The van der Waals surface area contributed by atoms with Gasteiger partial charge in [-0.3, -0.25) is 0 Å². The number of aromatic carboxylic acids is 1. The van der Waals surface area contributed by atoms with E-state index in [-0.39, 0.29) is 5.56 Å². The molecular formula is C8H7NO3S. The number of fused-ring (bicyclic) bond motifs is 1. The summed E-state index contributed by atoms with van der Waals surface area (Å²) in [5.74, 6) is -0.578. The molecule has 0 saturated heterocycles. The summed E-state index contributed by atoms with van der Waals surface area (Å²) in [6.07, 6.45) is 0. The van der Waals surface area contributed by atoms with Gasteiger partial charge in [0, 0.05) is 6.07 Å². The first-order valence-corrected chi connectivity index (χ1v) is 4.42. The second kappa shape index (κ2) is 2.77. The maximum absolute atomic E-state index is 10.8. The van der Waals surface area contributed by atoms with E-state index in [2.05, 4.69) is 4.37 Å². The maximum Gasteiger partial charge on any atom is 0.339 e. The van der Waals surface area contributed by atoms with E-state index in [9.17, 15) is 4.79 Å². The quantitative estimate of drug-likeness (QED) is 0.773. The van der Waals surface area contributed by atoms with Crippen LogP contribution >= 0.6 is 11.5 Å². The maximum atomic E-state index is 10.8. The zero-order chi connectivity index (χ0) is 9.42. The molecule has 1 aromatic heterocycles. The fourth-order valence-electron chi connectivity index (χ4n) is 1.12. The van der Waals surface area contributed by atoms with E-state index in [0.717, 1.165) is 10.2 Å². The molecule has 2 N–H and O–H groups in total. The summed E-state index contributed by atoms with van der Waals surface area (Å²) < 4.78 is 8.86. The lowest BCUT2D eigenvalue weighted by molar-refractivity contribution is 0.0693. The van der Waals surface area contributed by atoms with E-state index >= 15 is 0 Å². The second-order valence-corrected chi connectivity index (χ2v) is 3.41. The fraction of sp³-hybridized carbons (Fsp3) is 0.125. The lowest BCUT2D eigenvalue weighted by Gasteiger charge is -2.07. The summed E-state index contributed by atoms with van der Waals surface area (Å²) in [7, 11) is 1.46. The third-order valence-corrected chi connectivity index (χ3v) is 2.68. The summed E-state index contributed by atoms with van der Waals surface area (Å²) in [5, 5.41) is 8.83. The molecular weight excluding hydrogens is 190 g/mol. The molecule has 0 unspecified atom stereocenters. The highest BCUT2D eigenvalue weighted by Crippen LogP contribution is 2.29. The summed E-state index contributed by atoms with van der Waals surface area (Å²) in [6, 6.07) is 3.30. The lowest BCUT2D eigenvalue weighted by atomic mass is 10.2. The predicted molar refractivity (Wildman–Crippen MR) is 49.7 cm³/mol. The molecule has 4 nitrogen and oxygen atoms in total. The van der Waals surface area contributed by atoms with Gasteiger partial charge in [0.25, 0.3) is 0 Å². The number of benzene rings is 1. The molecule has 1 aromatic carbocycles. The van der Waals surface area contributed by atoms with Crippen LogP contribution in [-0.2, 0) is 0 Å². The third kappa shape index (κ3) is 1.17. The number of hydrogen-bond donors (Lipinski definition) is 2. The smallest absolute Gasteiger partial charge is 0.339 e. The minimum Gasteiger partial charge on any atom is -0.496 e. The van der Waals surface area contributed by atoms with E-state index in [1.165, 1.54) is 18.6 Å². The Kier molecular flexibility index (Phi) is 1.73. The van der Waals surface area contributed by atoms with Gasteiger partial charge >= 0.3 is 5.97 Å². The Morgan fingerprint density at radius 3 is 2.85 bits per heavy atom. The number of aromatic nitrogens is 1. The number of hydrogen-bond acceptors (Lipinski definition) is 3. The Balaban J connectivity index is 2.64. The highest BCUT2D eigenvalue weighted by molar-refractivity contribution is 7.15. The van der Waals surface area contributed by atoms with Crippen molar-refractivity contribution in [1.29, 1.82) is 0 Å². The molecule has 2 aromatic rings. The van der Waals surface area contributed by atoms with Gasteiger partial charge in [-0.25, -0.2) is 4.79 Å². The third-order valence-electron chi connectivity index (χ3n) is 1.80. The van der Waals surface area contributed by atoms with Crippen LogP contribution in [0.2, 0.25) is 0 Å². The van der Waals surface area contributed by atoms with Gasteiger partial charge in [0.05, 0.1) is 17.3 Å². The normalized spacial score (nSPS) is 10.5. The van der Waals surface area contributed by atoms with Crippen LogP contribution in [0.4, 0.5) is 0 Å². The van der Waals surface area contributed by atoms with Crippen LogP contribution < -0.4 is 4.74 Å². The Morgan fingerprint density at radius 2 is 2.38 bits per heavy atom. The van der Waals surface area contributed by atoms with Crippen LogP contribution in [0.15, 0.2) is 12.1 Å². The summed E-state index contributed by atoms with van der Waals surface area (Å²) in [5.41, 5.74) is 1.13. The number of carboxylic acid groups (broad SMARTS) is 1. The van der Waals surface area contributed by atoms with Crippen LogP contribution in [0.3, 0.4) is 0 Å². The Labute approximate surface area is 77.9 Å². The molecule has 0 saturated carbocycles. The molecule has 0 radical (unpaired) electrons. The van der Waals surface area contributed by atoms with Crippen LogP contribution in [0.25, 0.3) is 10.2 Å². The van der Waals surface area contributed by atoms with Gasteiger partial charge in [0.2, 0.25) is 0 Å². The van der Waals surface area contributed by atoms with Gasteiger partial charge in [-0.15, -0.1) is 0 Å². The van der Waals surface area contributed by atoms with Crippen molar-refractivity contribution >= 4 is 27.7 Å². The number of aromatic amines is 1. The number of H-pyrrole nitrogens is 1. The van der Waals surface area contributed by atoms with Crippen molar-refractivity contribution in [3.05, 3.63) is 17.7 Å². The lowest BCUT2D eigenvalue weighted by Crippen LogP contribution is -2.00. The van der Waals surface area contributed by atoms with Crippen LogP contribution in [0, 0.1) is 0 Å².